The number of aryl methyl sites for hydroxylation is 1. The van der Waals surface area contributed by atoms with Crippen LogP contribution in [-0.2, 0) is 26.2 Å². The van der Waals surface area contributed by atoms with Crippen LogP contribution in [-0.4, -0.2) is 0 Å². The molecule has 0 fully saturated rings. The molecule has 4 rings (SSSR count). The van der Waals surface area contributed by atoms with Crippen LogP contribution in [0.2, 0.25) is 0 Å². The first-order valence-electron chi connectivity index (χ1n) is 8.34. The van der Waals surface area contributed by atoms with Gasteiger partial charge >= 0.3 is 26.2 Å². The molecule has 0 heterocycles. The molecule has 0 saturated carbocycles. The van der Waals surface area contributed by atoms with Crippen LogP contribution in [0, 0.1) is 13.0 Å². The van der Waals surface area contributed by atoms with Gasteiger partial charge in [-0.05, 0) is 0 Å². The zero-order valence-electron chi connectivity index (χ0n) is 15.5. The SMILES string of the molecule is CC1=CC(c2ccccc2)[C-]=C1.Cc1c[cH-]c(-c2ccccc2)c1.[Cl-].[Cl-].[Zr+4]. The fourth-order valence-corrected chi connectivity index (χ4v) is 2.81. The fraction of sp³-hybridized carbons (Fsp3) is 0.125. The molecule has 136 valence electrons. The summed E-state index contributed by atoms with van der Waals surface area (Å²) in [6.45, 7) is 4.22. The van der Waals surface area contributed by atoms with E-state index >= 15 is 0 Å². The van der Waals surface area contributed by atoms with E-state index in [0.717, 1.165) is 0 Å². The molecule has 0 N–H and O–H groups in total. The quantitative estimate of drug-likeness (QED) is 0.476. The molecular formula is C24H22Cl2Zr. The number of halogens is 2. The first kappa shape index (κ1) is 25.7. The van der Waals surface area contributed by atoms with Crippen LogP contribution in [0.1, 0.15) is 24.0 Å². The van der Waals surface area contributed by atoms with Crippen molar-refractivity contribution in [3.05, 3.63) is 114 Å². The summed E-state index contributed by atoms with van der Waals surface area (Å²) in [6.07, 6.45) is 7.59. The molecule has 0 bridgehead atoms. The van der Waals surface area contributed by atoms with E-state index in [4.69, 9.17) is 0 Å². The largest absolute Gasteiger partial charge is 4.00 e. The van der Waals surface area contributed by atoms with Gasteiger partial charge in [-0.25, -0.2) is 11.6 Å². The Morgan fingerprint density at radius 2 is 1.44 bits per heavy atom. The molecule has 0 radical (unpaired) electrons. The van der Waals surface area contributed by atoms with Gasteiger partial charge in [0.05, 0.1) is 0 Å². The monoisotopic (exact) mass is 470 g/mol. The summed E-state index contributed by atoms with van der Waals surface area (Å²) in [5.41, 5.74) is 6.57. The molecule has 3 aromatic carbocycles. The Balaban J connectivity index is 0.000000451. The third kappa shape index (κ3) is 7.70. The molecule has 0 aromatic heterocycles. The van der Waals surface area contributed by atoms with Crippen molar-refractivity contribution in [3.63, 3.8) is 0 Å². The van der Waals surface area contributed by atoms with E-state index in [1.54, 1.807) is 0 Å². The van der Waals surface area contributed by atoms with Crippen LogP contribution in [0.5, 0.6) is 0 Å². The van der Waals surface area contributed by atoms with Gasteiger partial charge in [-0.1, -0.05) is 79.1 Å². The molecule has 27 heavy (non-hydrogen) atoms. The second-order valence-electron chi connectivity index (χ2n) is 6.15. The Bertz CT molecular complexity index is 833. The van der Waals surface area contributed by atoms with Crippen LogP contribution in [0.15, 0.2) is 96.6 Å². The molecule has 1 aliphatic rings. The van der Waals surface area contributed by atoms with Crippen molar-refractivity contribution < 1.29 is 51.0 Å². The van der Waals surface area contributed by atoms with Gasteiger partial charge in [-0.15, -0.1) is 24.1 Å². The Morgan fingerprint density at radius 1 is 0.852 bits per heavy atom. The maximum atomic E-state index is 3.31. The van der Waals surface area contributed by atoms with Gasteiger partial charge < -0.3 is 24.8 Å². The van der Waals surface area contributed by atoms with Gasteiger partial charge in [0.1, 0.15) is 0 Å². The molecule has 0 nitrogen and oxygen atoms in total. The summed E-state index contributed by atoms with van der Waals surface area (Å²) in [4.78, 5) is 0. The zero-order chi connectivity index (χ0) is 16.8. The zero-order valence-corrected chi connectivity index (χ0v) is 19.5. The van der Waals surface area contributed by atoms with E-state index in [2.05, 4.69) is 98.8 Å². The second-order valence-corrected chi connectivity index (χ2v) is 6.15. The molecule has 3 aromatic rings. The summed E-state index contributed by atoms with van der Waals surface area (Å²) in [5.74, 6) is 0.381. The average Bonchev–Trinajstić information content (AvgIpc) is 3.26. The Labute approximate surface area is 194 Å². The predicted octanol–water partition coefficient (Wildman–Crippen LogP) is 0.476. The first-order chi connectivity index (χ1) is 11.7. The average molecular weight is 473 g/mol. The minimum Gasteiger partial charge on any atom is -1.00 e. The Morgan fingerprint density at radius 3 is 1.93 bits per heavy atom. The smallest absolute Gasteiger partial charge is 1.00 e. The topological polar surface area (TPSA) is 0 Å². The van der Waals surface area contributed by atoms with Crippen LogP contribution in [0.3, 0.4) is 0 Å². The summed E-state index contributed by atoms with van der Waals surface area (Å²) >= 11 is 0. The molecule has 1 aliphatic carbocycles. The van der Waals surface area contributed by atoms with Crippen LogP contribution in [0.4, 0.5) is 0 Å². The number of hydrogen-bond acceptors (Lipinski definition) is 0. The maximum absolute atomic E-state index is 3.31. The standard InChI is InChI=1S/2C12H11.2ClH.Zr/c2*1-10-7-8-12(9-10)11-5-3-2-4-6-11;;;/h2-7,9,12H,1H3;2-9H,1H3;2*1H;/q2*-1;;;+4/p-2. The van der Waals surface area contributed by atoms with E-state index < -0.39 is 0 Å². The third-order valence-corrected chi connectivity index (χ3v) is 4.09. The molecular weight excluding hydrogens is 450 g/mol. The number of rotatable bonds is 2. The van der Waals surface area contributed by atoms with E-state index in [1.165, 1.54) is 27.8 Å². The van der Waals surface area contributed by atoms with E-state index in [-0.39, 0.29) is 51.0 Å². The van der Waals surface area contributed by atoms with Crippen molar-refractivity contribution in [2.24, 2.45) is 0 Å². The van der Waals surface area contributed by atoms with Gasteiger partial charge in [0.2, 0.25) is 0 Å². The predicted molar refractivity (Wildman–Crippen MR) is 103 cm³/mol. The molecule has 0 spiro atoms. The van der Waals surface area contributed by atoms with Crippen LogP contribution in [0.25, 0.3) is 11.1 Å². The molecule has 1 atom stereocenters. The fourth-order valence-electron chi connectivity index (χ4n) is 2.81. The summed E-state index contributed by atoms with van der Waals surface area (Å²) in [5, 5.41) is 0. The van der Waals surface area contributed by atoms with Crippen molar-refractivity contribution in [2.75, 3.05) is 0 Å². The summed E-state index contributed by atoms with van der Waals surface area (Å²) in [6, 6.07) is 27.4. The van der Waals surface area contributed by atoms with Crippen molar-refractivity contribution in [2.45, 2.75) is 19.8 Å². The molecule has 1 unspecified atom stereocenters. The van der Waals surface area contributed by atoms with Gasteiger partial charge in [0, 0.05) is 0 Å². The number of allylic oxidation sites excluding steroid dienone is 4. The van der Waals surface area contributed by atoms with E-state index in [0.29, 0.717) is 5.92 Å². The number of benzene rings is 2. The molecule has 3 heteroatoms. The molecule has 0 amide bonds. The van der Waals surface area contributed by atoms with Crippen molar-refractivity contribution in [1.82, 2.24) is 0 Å². The summed E-state index contributed by atoms with van der Waals surface area (Å²) < 4.78 is 0. The molecule has 0 saturated heterocycles. The van der Waals surface area contributed by atoms with Gasteiger partial charge in [0.25, 0.3) is 0 Å². The normalized spacial score (nSPS) is 13.9. The van der Waals surface area contributed by atoms with Crippen molar-refractivity contribution in [3.8, 4) is 11.1 Å². The van der Waals surface area contributed by atoms with Crippen LogP contribution < -0.4 is 24.8 Å². The summed E-state index contributed by atoms with van der Waals surface area (Å²) in [7, 11) is 0. The van der Waals surface area contributed by atoms with Gasteiger partial charge in [-0.2, -0.15) is 23.8 Å². The van der Waals surface area contributed by atoms with E-state index in [9.17, 15) is 0 Å². The minimum atomic E-state index is 0. The Kier molecular flexibility index (Phi) is 12.4. The van der Waals surface area contributed by atoms with Gasteiger partial charge in [0.15, 0.2) is 0 Å². The van der Waals surface area contributed by atoms with Crippen molar-refractivity contribution in [1.29, 1.82) is 0 Å². The van der Waals surface area contributed by atoms with Crippen molar-refractivity contribution >= 4 is 0 Å². The second kappa shape index (κ2) is 13.0. The maximum Gasteiger partial charge on any atom is 4.00 e. The Hall–Kier alpha value is -1.27. The van der Waals surface area contributed by atoms with Crippen LogP contribution >= 0.6 is 0 Å². The number of hydrogen-bond donors (Lipinski definition) is 0. The first-order valence-corrected chi connectivity index (χ1v) is 8.34. The molecule has 0 aliphatic heterocycles. The van der Waals surface area contributed by atoms with E-state index in [1.807, 2.05) is 12.1 Å². The van der Waals surface area contributed by atoms with Gasteiger partial charge in [-0.3, -0.25) is 6.08 Å². The third-order valence-electron chi connectivity index (χ3n) is 4.09. The minimum absolute atomic E-state index is 0.